The summed E-state index contributed by atoms with van der Waals surface area (Å²) in [6, 6.07) is 10.2. The van der Waals surface area contributed by atoms with Gasteiger partial charge in [0.2, 0.25) is 0 Å². The van der Waals surface area contributed by atoms with Gasteiger partial charge in [0, 0.05) is 5.70 Å². The molecule has 3 nitrogen and oxygen atoms in total. The van der Waals surface area contributed by atoms with E-state index >= 15 is 0 Å². The average molecular weight is 245 g/mol. The lowest BCUT2D eigenvalue weighted by molar-refractivity contribution is -0.132. The van der Waals surface area contributed by atoms with Gasteiger partial charge in [-0.15, -0.1) is 0 Å². The number of methoxy groups -OCH3 is 1. The summed E-state index contributed by atoms with van der Waals surface area (Å²) in [6.07, 6.45) is 0.838. The lowest BCUT2D eigenvalue weighted by atomic mass is 10.1. The Bertz CT molecular complexity index is 473. The lowest BCUT2D eigenvalue weighted by Gasteiger charge is -2.05. The standard InChI is InChI=1S/C15H19NO2/c1-11(10-14-8-6-5-7-9-14)12(2)16-13(3)15(17)18-4/h5-9H,10H2,1-4H3/b12-11-,16-13?. The number of hydrogen-bond acceptors (Lipinski definition) is 3. The Morgan fingerprint density at radius 3 is 2.33 bits per heavy atom. The van der Waals surface area contributed by atoms with Gasteiger partial charge in [-0.25, -0.2) is 4.79 Å². The van der Waals surface area contributed by atoms with E-state index in [9.17, 15) is 4.79 Å². The number of carbonyl (C=O) groups excluding carboxylic acids is 1. The maximum atomic E-state index is 11.3. The van der Waals surface area contributed by atoms with Gasteiger partial charge in [0.15, 0.2) is 0 Å². The molecule has 0 saturated heterocycles. The fraction of sp³-hybridized carbons (Fsp3) is 0.333. The van der Waals surface area contributed by atoms with E-state index in [2.05, 4.69) is 21.9 Å². The Hall–Kier alpha value is -1.90. The van der Waals surface area contributed by atoms with Gasteiger partial charge >= 0.3 is 5.97 Å². The van der Waals surface area contributed by atoms with Crippen LogP contribution in [0.5, 0.6) is 0 Å². The molecule has 1 rings (SSSR count). The molecule has 1 aromatic rings. The first kappa shape index (κ1) is 14.2. The molecule has 0 unspecified atom stereocenters. The van der Waals surface area contributed by atoms with Crippen molar-refractivity contribution in [2.45, 2.75) is 27.2 Å². The quantitative estimate of drug-likeness (QED) is 0.603. The highest BCUT2D eigenvalue weighted by atomic mass is 16.5. The minimum Gasteiger partial charge on any atom is -0.465 e. The van der Waals surface area contributed by atoms with Crippen LogP contribution in [-0.2, 0) is 16.0 Å². The van der Waals surface area contributed by atoms with Crippen molar-refractivity contribution in [1.29, 1.82) is 0 Å². The maximum absolute atomic E-state index is 11.3. The molecule has 96 valence electrons. The molecule has 0 spiro atoms. The van der Waals surface area contributed by atoms with Crippen LogP contribution in [0.1, 0.15) is 26.3 Å². The second-order valence-electron chi connectivity index (χ2n) is 4.22. The van der Waals surface area contributed by atoms with Crippen LogP contribution < -0.4 is 0 Å². The van der Waals surface area contributed by atoms with Gasteiger partial charge in [-0.3, -0.25) is 4.99 Å². The monoisotopic (exact) mass is 245 g/mol. The Morgan fingerprint density at radius 2 is 1.78 bits per heavy atom. The SMILES string of the molecule is COC(=O)C(C)=N/C(C)=C(/C)Cc1ccccc1. The molecule has 0 fully saturated rings. The highest BCUT2D eigenvalue weighted by molar-refractivity contribution is 6.35. The molecule has 18 heavy (non-hydrogen) atoms. The Kier molecular flexibility index (Phi) is 5.31. The molecule has 0 aliphatic carbocycles. The molecular weight excluding hydrogens is 226 g/mol. The average Bonchev–Trinajstić information content (AvgIpc) is 2.38. The minimum atomic E-state index is -0.387. The zero-order valence-electron chi connectivity index (χ0n) is 11.4. The fourth-order valence-corrected chi connectivity index (χ4v) is 1.57. The molecule has 1 aromatic carbocycles. The van der Waals surface area contributed by atoms with Crippen molar-refractivity contribution in [3.05, 3.63) is 47.2 Å². The molecule has 0 N–H and O–H groups in total. The second-order valence-corrected chi connectivity index (χ2v) is 4.22. The van der Waals surface area contributed by atoms with Crippen LogP contribution in [0.15, 0.2) is 46.6 Å². The molecule has 0 bridgehead atoms. The van der Waals surface area contributed by atoms with Crippen LogP contribution in [0, 0.1) is 0 Å². The van der Waals surface area contributed by atoms with E-state index in [1.54, 1.807) is 6.92 Å². The number of esters is 1. The summed E-state index contributed by atoms with van der Waals surface area (Å²) in [5.41, 5.74) is 3.62. The number of nitrogens with zero attached hydrogens (tertiary/aromatic N) is 1. The van der Waals surface area contributed by atoms with Crippen molar-refractivity contribution in [2.75, 3.05) is 7.11 Å². The van der Waals surface area contributed by atoms with Gasteiger partial charge in [0.1, 0.15) is 5.71 Å². The summed E-state index contributed by atoms with van der Waals surface area (Å²) < 4.78 is 4.62. The van der Waals surface area contributed by atoms with Gasteiger partial charge in [0.25, 0.3) is 0 Å². The molecule has 0 aliphatic rings. The summed E-state index contributed by atoms with van der Waals surface area (Å²) in [7, 11) is 1.36. The number of carbonyl (C=O) groups is 1. The molecule has 0 amide bonds. The molecule has 0 heterocycles. The largest absolute Gasteiger partial charge is 0.465 e. The van der Waals surface area contributed by atoms with E-state index in [1.807, 2.05) is 32.0 Å². The third kappa shape index (κ3) is 4.17. The number of hydrogen-bond donors (Lipinski definition) is 0. The number of benzene rings is 1. The highest BCUT2D eigenvalue weighted by Crippen LogP contribution is 2.12. The minimum absolute atomic E-state index is 0.377. The van der Waals surface area contributed by atoms with Crippen LogP contribution in [0.25, 0.3) is 0 Å². The topological polar surface area (TPSA) is 38.7 Å². The van der Waals surface area contributed by atoms with Crippen LogP contribution in [0.3, 0.4) is 0 Å². The van der Waals surface area contributed by atoms with Gasteiger partial charge in [0.05, 0.1) is 7.11 Å². The summed E-state index contributed by atoms with van der Waals surface area (Å²) in [5.74, 6) is -0.387. The summed E-state index contributed by atoms with van der Waals surface area (Å²) in [6.45, 7) is 5.59. The van der Waals surface area contributed by atoms with Crippen LogP contribution in [-0.4, -0.2) is 18.8 Å². The first-order valence-corrected chi connectivity index (χ1v) is 5.88. The molecule has 0 saturated carbocycles. The highest BCUT2D eigenvalue weighted by Gasteiger charge is 2.05. The molecule has 0 aliphatic heterocycles. The number of allylic oxidation sites excluding steroid dienone is 2. The van der Waals surface area contributed by atoms with E-state index < -0.39 is 0 Å². The summed E-state index contributed by atoms with van der Waals surface area (Å²) in [4.78, 5) is 15.5. The molecular formula is C15H19NO2. The fourth-order valence-electron chi connectivity index (χ4n) is 1.57. The number of aliphatic imine (C=N–C) groups is 1. The van der Waals surface area contributed by atoms with Crippen LogP contribution in [0.4, 0.5) is 0 Å². The lowest BCUT2D eigenvalue weighted by Crippen LogP contribution is -2.12. The van der Waals surface area contributed by atoms with Gasteiger partial charge in [-0.2, -0.15) is 0 Å². The predicted molar refractivity (Wildman–Crippen MR) is 73.6 cm³/mol. The summed E-state index contributed by atoms with van der Waals surface area (Å²) >= 11 is 0. The van der Waals surface area contributed by atoms with Gasteiger partial charge < -0.3 is 4.74 Å². The van der Waals surface area contributed by atoms with Crippen molar-refractivity contribution in [2.24, 2.45) is 4.99 Å². The van der Waals surface area contributed by atoms with Crippen LogP contribution in [0.2, 0.25) is 0 Å². The molecule has 0 aromatic heterocycles. The first-order chi connectivity index (χ1) is 8.54. The summed E-state index contributed by atoms with van der Waals surface area (Å²) in [5, 5.41) is 0. The predicted octanol–water partition coefficient (Wildman–Crippen LogP) is 3.16. The maximum Gasteiger partial charge on any atom is 0.352 e. The Labute approximate surface area is 108 Å². The number of rotatable bonds is 4. The van der Waals surface area contributed by atoms with Crippen molar-refractivity contribution < 1.29 is 9.53 Å². The normalized spacial score (nSPS) is 13.0. The molecule has 0 atom stereocenters. The van der Waals surface area contributed by atoms with E-state index in [0.717, 1.165) is 17.7 Å². The smallest absolute Gasteiger partial charge is 0.352 e. The van der Waals surface area contributed by atoms with Gasteiger partial charge in [-0.1, -0.05) is 30.3 Å². The number of ether oxygens (including phenoxy) is 1. The third-order valence-corrected chi connectivity index (χ3v) is 2.75. The second kappa shape index (κ2) is 6.74. The zero-order valence-corrected chi connectivity index (χ0v) is 11.4. The van der Waals surface area contributed by atoms with E-state index in [-0.39, 0.29) is 5.97 Å². The van der Waals surface area contributed by atoms with Crippen molar-refractivity contribution in [3.63, 3.8) is 0 Å². The van der Waals surface area contributed by atoms with E-state index in [1.165, 1.54) is 12.7 Å². The van der Waals surface area contributed by atoms with Crippen molar-refractivity contribution >= 4 is 11.7 Å². The molecule has 3 heteroatoms. The van der Waals surface area contributed by atoms with E-state index in [0.29, 0.717) is 5.71 Å². The van der Waals surface area contributed by atoms with Crippen LogP contribution >= 0.6 is 0 Å². The Morgan fingerprint density at radius 1 is 1.17 bits per heavy atom. The van der Waals surface area contributed by atoms with E-state index in [4.69, 9.17) is 0 Å². The van der Waals surface area contributed by atoms with Crippen molar-refractivity contribution in [1.82, 2.24) is 0 Å². The first-order valence-electron chi connectivity index (χ1n) is 5.88. The third-order valence-electron chi connectivity index (χ3n) is 2.75. The van der Waals surface area contributed by atoms with Crippen molar-refractivity contribution in [3.8, 4) is 0 Å². The zero-order chi connectivity index (χ0) is 13.5. The Balaban J connectivity index is 2.83. The molecule has 0 radical (unpaired) electrons. The van der Waals surface area contributed by atoms with Gasteiger partial charge in [-0.05, 0) is 38.3 Å².